The van der Waals surface area contributed by atoms with E-state index in [1.165, 1.54) is 4.80 Å². The van der Waals surface area contributed by atoms with Gasteiger partial charge in [0.15, 0.2) is 16.9 Å². The smallest absolute Gasteiger partial charge is 0.161 e. The third kappa shape index (κ3) is 2.93. The molecular formula is C17H16BrN3O2. The maximum absolute atomic E-state index is 11.6. The standard InChI is InChI=1S/C17H16BrN3O2/c1-23-12-21-19-15(16(18)20-21)17(22,13-8-4-2-5-9-13)14-10-6-3-7-11-14/h2-11,22H,12H2,1H3. The summed E-state index contributed by atoms with van der Waals surface area (Å²) in [6, 6.07) is 18.8. The number of halogens is 1. The van der Waals surface area contributed by atoms with Gasteiger partial charge in [0.25, 0.3) is 0 Å². The molecule has 0 bridgehead atoms. The van der Waals surface area contributed by atoms with Crippen molar-refractivity contribution in [2.45, 2.75) is 12.3 Å². The monoisotopic (exact) mass is 373 g/mol. The summed E-state index contributed by atoms with van der Waals surface area (Å²) in [6.45, 7) is 0.207. The van der Waals surface area contributed by atoms with E-state index in [1.54, 1.807) is 7.11 Å². The van der Waals surface area contributed by atoms with Crippen molar-refractivity contribution in [2.24, 2.45) is 0 Å². The Morgan fingerprint density at radius 1 is 1.00 bits per heavy atom. The molecule has 5 nitrogen and oxygen atoms in total. The van der Waals surface area contributed by atoms with E-state index in [9.17, 15) is 5.11 Å². The van der Waals surface area contributed by atoms with Gasteiger partial charge in [-0.2, -0.15) is 9.90 Å². The number of nitrogens with zero attached hydrogens (tertiary/aromatic N) is 3. The molecule has 1 N–H and O–H groups in total. The van der Waals surface area contributed by atoms with Crippen LogP contribution in [0.4, 0.5) is 0 Å². The number of methoxy groups -OCH3 is 1. The molecule has 0 radical (unpaired) electrons. The molecule has 1 aromatic heterocycles. The minimum absolute atomic E-state index is 0.207. The van der Waals surface area contributed by atoms with Gasteiger partial charge in [0.2, 0.25) is 0 Å². The van der Waals surface area contributed by atoms with Crippen LogP contribution in [-0.2, 0) is 17.1 Å². The molecule has 0 aliphatic heterocycles. The molecule has 23 heavy (non-hydrogen) atoms. The highest BCUT2D eigenvalue weighted by molar-refractivity contribution is 9.10. The lowest BCUT2D eigenvalue weighted by molar-refractivity contribution is 0.0992. The molecule has 3 rings (SSSR count). The summed E-state index contributed by atoms with van der Waals surface area (Å²) < 4.78 is 5.53. The molecule has 0 unspecified atom stereocenters. The largest absolute Gasteiger partial charge is 0.374 e. The molecule has 6 heteroatoms. The van der Waals surface area contributed by atoms with Crippen molar-refractivity contribution >= 4 is 15.9 Å². The van der Waals surface area contributed by atoms with Crippen molar-refractivity contribution in [1.82, 2.24) is 15.0 Å². The van der Waals surface area contributed by atoms with Crippen molar-refractivity contribution in [3.8, 4) is 0 Å². The van der Waals surface area contributed by atoms with Gasteiger partial charge in [-0.1, -0.05) is 60.7 Å². The predicted octanol–water partition coefficient (Wildman–Crippen LogP) is 2.93. The molecule has 0 saturated heterocycles. The number of ether oxygens (including phenoxy) is 1. The number of rotatable bonds is 5. The molecule has 1 heterocycles. The van der Waals surface area contributed by atoms with Crippen LogP contribution in [0.15, 0.2) is 65.3 Å². The van der Waals surface area contributed by atoms with E-state index in [4.69, 9.17) is 4.74 Å². The molecule has 0 amide bonds. The second kappa shape index (κ2) is 6.62. The van der Waals surface area contributed by atoms with Gasteiger partial charge in [-0.3, -0.25) is 0 Å². The van der Waals surface area contributed by atoms with Crippen LogP contribution in [0.3, 0.4) is 0 Å². The Morgan fingerprint density at radius 3 is 2.00 bits per heavy atom. The SMILES string of the molecule is COCn1nc(Br)c(C(O)(c2ccccc2)c2ccccc2)n1. The molecular weight excluding hydrogens is 358 g/mol. The third-order valence-corrected chi connectivity index (χ3v) is 4.12. The van der Waals surface area contributed by atoms with Gasteiger partial charge < -0.3 is 9.84 Å². The first-order valence-corrected chi connectivity index (χ1v) is 7.89. The Morgan fingerprint density at radius 2 is 1.52 bits per heavy atom. The first-order valence-electron chi connectivity index (χ1n) is 7.09. The van der Waals surface area contributed by atoms with Crippen LogP contribution >= 0.6 is 15.9 Å². The molecule has 3 aromatic rings. The van der Waals surface area contributed by atoms with E-state index in [1.807, 2.05) is 60.7 Å². The first-order chi connectivity index (χ1) is 11.2. The molecule has 0 atom stereocenters. The van der Waals surface area contributed by atoms with Crippen LogP contribution in [0.5, 0.6) is 0 Å². The Labute approximate surface area is 142 Å². The second-order valence-electron chi connectivity index (χ2n) is 5.07. The molecule has 118 valence electrons. The highest BCUT2D eigenvalue weighted by Gasteiger charge is 2.39. The maximum atomic E-state index is 11.6. The fourth-order valence-corrected chi connectivity index (χ4v) is 3.07. The lowest BCUT2D eigenvalue weighted by Crippen LogP contribution is -2.30. The van der Waals surface area contributed by atoms with E-state index in [2.05, 4.69) is 26.1 Å². The lowest BCUT2D eigenvalue weighted by Gasteiger charge is -2.27. The highest BCUT2D eigenvalue weighted by Crippen LogP contribution is 2.38. The minimum atomic E-state index is -1.41. The zero-order chi connectivity index (χ0) is 16.3. The summed E-state index contributed by atoms with van der Waals surface area (Å²) in [6.07, 6.45) is 0. The number of hydrogen-bond donors (Lipinski definition) is 1. The third-order valence-electron chi connectivity index (χ3n) is 3.58. The van der Waals surface area contributed by atoms with Crippen LogP contribution in [0.25, 0.3) is 0 Å². The van der Waals surface area contributed by atoms with Gasteiger partial charge >= 0.3 is 0 Å². The lowest BCUT2D eigenvalue weighted by atomic mass is 9.84. The van der Waals surface area contributed by atoms with Gasteiger partial charge in [-0.25, -0.2) is 0 Å². The highest BCUT2D eigenvalue weighted by atomic mass is 79.9. The zero-order valence-corrected chi connectivity index (χ0v) is 14.1. The van der Waals surface area contributed by atoms with Gasteiger partial charge in [-0.05, 0) is 27.1 Å². The Bertz CT molecular complexity index is 736. The summed E-state index contributed by atoms with van der Waals surface area (Å²) in [5, 5.41) is 20.3. The average molecular weight is 374 g/mol. The van der Waals surface area contributed by atoms with Crippen LogP contribution in [0.2, 0.25) is 0 Å². The van der Waals surface area contributed by atoms with Crippen molar-refractivity contribution in [1.29, 1.82) is 0 Å². The molecule has 0 spiro atoms. The maximum Gasteiger partial charge on any atom is 0.161 e. The van der Waals surface area contributed by atoms with E-state index >= 15 is 0 Å². The predicted molar refractivity (Wildman–Crippen MR) is 89.7 cm³/mol. The summed E-state index contributed by atoms with van der Waals surface area (Å²) in [5.74, 6) is 0. The van der Waals surface area contributed by atoms with E-state index < -0.39 is 5.60 Å². The van der Waals surface area contributed by atoms with Gasteiger partial charge in [0.05, 0.1) is 0 Å². The van der Waals surface area contributed by atoms with Gasteiger partial charge in [0.1, 0.15) is 5.69 Å². The Balaban J connectivity index is 2.21. The fraction of sp³-hybridized carbons (Fsp3) is 0.176. The average Bonchev–Trinajstić information content (AvgIpc) is 2.97. The summed E-state index contributed by atoms with van der Waals surface area (Å²) in [7, 11) is 1.57. The molecule has 2 aromatic carbocycles. The topological polar surface area (TPSA) is 60.2 Å². The Kier molecular flexibility index (Phi) is 4.56. The first kappa shape index (κ1) is 15.9. The molecule has 0 aliphatic carbocycles. The summed E-state index contributed by atoms with van der Waals surface area (Å²) in [4.78, 5) is 1.40. The van der Waals surface area contributed by atoms with E-state index in [-0.39, 0.29) is 6.73 Å². The van der Waals surface area contributed by atoms with Crippen LogP contribution < -0.4 is 0 Å². The number of aromatic nitrogens is 3. The number of hydrogen-bond acceptors (Lipinski definition) is 4. The van der Waals surface area contributed by atoms with Gasteiger partial charge in [-0.15, -0.1) is 5.10 Å². The number of aliphatic hydroxyl groups is 1. The Hall–Kier alpha value is -2.02. The minimum Gasteiger partial charge on any atom is -0.374 e. The molecule has 0 aliphatic rings. The van der Waals surface area contributed by atoms with Crippen molar-refractivity contribution < 1.29 is 9.84 Å². The fourth-order valence-electron chi connectivity index (χ4n) is 2.52. The van der Waals surface area contributed by atoms with Crippen molar-refractivity contribution in [2.75, 3.05) is 7.11 Å². The zero-order valence-electron chi connectivity index (χ0n) is 12.6. The summed E-state index contributed by atoms with van der Waals surface area (Å²) >= 11 is 3.41. The quantitative estimate of drug-likeness (QED) is 0.746. The van der Waals surface area contributed by atoms with Crippen LogP contribution in [0, 0.1) is 0 Å². The van der Waals surface area contributed by atoms with Crippen LogP contribution in [0.1, 0.15) is 16.8 Å². The number of benzene rings is 2. The van der Waals surface area contributed by atoms with E-state index in [0.29, 0.717) is 10.3 Å². The second-order valence-corrected chi connectivity index (χ2v) is 5.82. The van der Waals surface area contributed by atoms with Crippen LogP contribution in [-0.4, -0.2) is 27.2 Å². The molecule has 0 fully saturated rings. The van der Waals surface area contributed by atoms with Crippen molar-refractivity contribution in [3.63, 3.8) is 0 Å². The van der Waals surface area contributed by atoms with Crippen molar-refractivity contribution in [3.05, 3.63) is 82.1 Å². The normalized spacial score (nSPS) is 11.6. The van der Waals surface area contributed by atoms with E-state index in [0.717, 1.165) is 11.1 Å². The van der Waals surface area contributed by atoms with Gasteiger partial charge in [0, 0.05) is 7.11 Å². The summed E-state index contributed by atoms with van der Waals surface area (Å²) in [5.41, 5.74) is 0.451. The molecule has 0 saturated carbocycles.